The molecule has 0 aliphatic carbocycles. The van der Waals surface area contributed by atoms with Crippen LogP contribution < -0.4 is 15.4 Å². The zero-order valence-corrected chi connectivity index (χ0v) is 17.0. The van der Waals surface area contributed by atoms with E-state index < -0.39 is 0 Å². The number of fused-ring (bicyclic) bond motifs is 1. The van der Waals surface area contributed by atoms with Crippen LogP contribution in [0, 0.1) is 26.6 Å². The van der Waals surface area contributed by atoms with Crippen molar-refractivity contribution in [3.8, 4) is 0 Å². The van der Waals surface area contributed by atoms with E-state index in [9.17, 15) is 14.0 Å². The molecule has 1 N–H and O–H groups in total. The van der Waals surface area contributed by atoms with Gasteiger partial charge in [-0.25, -0.2) is 4.39 Å². The summed E-state index contributed by atoms with van der Waals surface area (Å²) in [6.45, 7) is 5.59. The molecule has 0 saturated carbocycles. The van der Waals surface area contributed by atoms with E-state index in [0.717, 1.165) is 11.3 Å². The molecule has 0 saturated heterocycles. The number of aromatic nitrogens is 1. The van der Waals surface area contributed by atoms with Crippen LogP contribution in [-0.2, 0) is 0 Å². The zero-order chi connectivity index (χ0) is 20.9. The minimum atomic E-state index is -0.319. The number of benzene rings is 2. The second-order valence-corrected chi connectivity index (χ2v) is 7.54. The quantitative estimate of drug-likeness (QED) is 0.655. The van der Waals surface area contributed by atoms with Gasteiger partial charge in [0.25, 0.3) is 5.91 Å². The Morgan fingerprint density at radius 2 is 1.62 bits per heavy atom. The summed E-state index contributed by atoms with van der Waals surface area (Å²) in [6, 6.07) is 11.2. The number of nitrogens with zero attached hydrogens (tertiary/aromatic N) is 2. The van der Waals surface area contributed by atoms with Crippen LogP contribution in [0.2, 0.25) is 5.02 Å². The molecule has 0 spiro atoms. The van der Waals surface area contributed by atoms with E-state index in [-0.39, 0.29) is 24.0 Å². The number of carbonyl (C=O) groups is 1. The average molecular weight is 412 g/mol. The lowest BCUT2D eigenvalue weighted by Crippen LogP contribution is -2.46. The predicted octanol–water partition coefficient (Wildman–Crippen LogP) is 4.85. The van der Waals surface area contributed by atoms with Gasteiger partial charge in [-0.2, -0.15) is 0 Å². The minimum Gasteiger partial charge on any atom is -0.324 e. The van der Waals surface area contributed by atoms with Gasteiger partial charge < -0.3 is 9.88 Å². The topological polar surface area (TPSA) is 56.4 Å². The Balaban J connectivity index is 1.95. The Hall–Kier alpha value is -3.12. The number of anilines is 3. The molecule has 5 nitrogen and oxygen atoms in total. The molecule has 29 heavy (non-hydrogen) atoms. The lowest BCUT2D eigenvalue weighted by Gasteiger charge is -2.39. The number of carbonyl (C=O) groups excluding carboxylic acids is 1. The first-order valence-corrected chi connectivity index (χ1v) is 9.50. The summed E-state index contributed by atoms with van der Waals surface area (Å²) in [5.41, 5.74) is 4.36. The molecule has 7 heteroatoms. The van der Waals surface area contributed by atoms with E-state index in [1.54, 1.807) is 36.9 Å². The van der Waals surface area contributed by atoms with Crippen molar-refractivity contribution >= 4 is 34.6 Å². The van der Waals surface area contributed by atoms with E-state index in [4.69, 9.17) is 11.6 Å². The molecule has 2 heterocycles. The van der Waals surface area contributed by atoms with Crippen molar-refractivity contribution in [2.75, 3.05) is 16.5 Å². The highest BCUT2D eigenvalue weighted by Crippen LogP contribution is 2.40. The molecule has 4 rings (SSSR count). The van der Waals surface area contributed by atoms with Crippen molar-refractivity contribution in [1.82, 2.24) is 4.98 Å². The molecule has 1 aromatic heterocycles. The monoisotopic (exact) mass is 411 g/mol. The van der Waals surface area contributed by atoms with Crippen molar-refractivity contribution < 1.29 is 9.18 Å². The number of rotatable bonds is 2. The number of H-pyrrole nitrogens is 1. The van der Waals surface area contributed by atoms with Crippen LogP contribution in [-0.4, -0.2) is 17.6 Å². The third-order valence-corrected chi connectivity index (χ3v) is 5.65. The third kappa shape index (κ3) is 3.19. The summed E-state index contributed by atoms with van der Waals surface area (Å²) < 4.78 is 13.7. The number of aryl methyl sites for hydroxylation is 2. The smallest absolute Gasteiger partial charge is 0.262 e. The number of aromatic amines is 1. The normalized spacial score (nSPS) is 13.6. The molecule has 0 fully saturated rings. The summed E-state index contributed by atoms with van der Waals surface area (Å²) in [4.78, 5) is 31.4. The Bertz CT molecular complexity index is 1210. The Labute approximate surface area is 172 Å². The Morgan fingerprint density at radius 3 is 2.31 bits per heavy atom. The minimum absolute atomic E-state index is 0.203. The predicted molar refractivity (Wildman–Crippen MR) is 113 cm³/mol. The van der Waals surface area contributed by atoms with Crippen LogP contribution >= 0.6 is 11.6 Å². The molecule has 3 aromatic rings. The number of hydrogen-bond donors (Lipinski definition) is 1. The Morgan fingerprint density at radius 1 is 0.931 bits per heavy atom. The standard InChI is InChI=1S/C22H19ClFN3O2/c1-12-10-15(24)4-6-17(12)26-11-27(18-8-9-20(28)25-14(18)3)22(29)21-13(2)16(23)5-7-19(21)26/h4-10H,11H2,1-3H3,(H,25,28). The molecule has 0 bridgehead atoms. The van der Waals surface area contributed by atoms with Gasteiger partial charge in [0, 0.05) is 22.5 Å². The molecule has 0 radical (unpaired) electrons. The van der Waals surface area contributed by atoms with E-state index in [1.807, 2.05) is 17.9 Å². The largest absolute Gasteiger partial charge is 0.324 e. The maximum absolute atomic E-state index is 13.7. The summed E-state index contributed by atoms with van der Waals surface area (Å²) in [6.07, 6.45) is 0. The second-order valence-electron chi connectivity index (χ2n) is 7.13. The van der Waals surface area contributed by atoms with E-state index in [1.165, 1.54) is 18.2 Å². The van der Waals surface area contributed by atoms with Crippen LogP contribution in [0.4, 0.5) is 21.5 Å². The first-order chi connectivity index (χ1) is 13.8. The highest BCUT2D eigenvalue weighted by Gasteiger charge is 2.34. The van der Waals surface area contributed by atoms with Gasteiger partial charge in [-0.05, 0) is 68.3 Å². The lowest BCUT2D eigenvalue weighted by molar-refractivity contribution is 0.0982. The first kappa shape index (κ1) is 19.2. The number of nitrogens with one attached hydrogen (secondary N) is 1. The Kier molecular flexibility index (Phi) is 4.67. The molecule has 148 valence electrons. The molecular weight excluding hydrogens is 393 g/mol. The van der Waals surface area contributed by atoms with E-state index in [2.05, 4.69) is 4.98 Å². The summed E-state index contributed by atoms with van der Waals surface area (Å²) >= 11 is 6.32. The van der Waals surface area contributed by atoms with Gasteiger partial charge in [0.15, 0.2) is 0 Å². The average Bonchev–Trinajstić information content (AvgIpc) is 2.66. The van der Waals surface area contributed by atoms with Gasteiger partial charge in [-0.3, -0.25) is 14.5 Å². The summed E-state index contributed by atoms with van der Waals surface area (Å²) in [5, 5.41) is 0.493. The number of hydrogen-bond acceptors (Lipinski definition) is 3. The summed E-state index contributed by atoms with van der Waals surface area (Å²) in [5.74, 6) is -0.522. The van der Waals surface area contributed by atoms with E-state index in [0.29, 0.717) is 33.2 Å². The maximum atomic E-state index is 13.7. The molecule has 0 unspecified atom stereocenters. The maximum Gasteiger partial charge on any atom is 0.262 e. The number of pyridine rings is 1. The molecule has 0 atom stereocenters. The fourth-order valence-electron chi connectivity index (χ4n) is 3.76. The van der Waals surface area contributed by atoms with Gasteiger partial charge in [0.2, 0.25) is 5.56 Å². The van der Waals surface area contributed by atoms with Crippen LogP contribution in [0.5, 0.6) is 0 Å². The SMILES string of the molecule is Cc1cc(F)ccc1N1CN(c2ccc(=O)[nH]c2C)C(=O)c2c1ccc(Cl)c2C. The van der Waals surface area contributed by atoms with Crippen molar-refractivity contribution in [2.24, 2.45) is 0 Å². The van der Waals surface area contributed by atoms with E-state index >= 15 is 0 Å². The number of amides is 1. The molecule has 1 aliphatic rings. The third-order valence-electron chi connectivity index (χ3n) is 5.24. The highest BCUT2D eigenvalue weighted by atomic mass is 35.5. The highest BCUT2D eigenvalue weighted by molar-refractivity contribution is 6.32. The van der Waals surface area contributed by atoms with Crippen molar-refractivity contribution in [3.05, 3.63) is 86.0 Å². The van der Waals surface area contributed by atoms with Crippen molar-refractivity contribution in [3.63, 3.8) is 0 Å². The molecule has 2 aromatic carbocycles. The second kappa shape index (κ2) is 7.04. The molecule has 1 aliphatic heterocycles. The van der Waals surface area contributed by atoms with Crippen molar-refractivity contribution in [1.29, 1.82) is 0 Å². The summed E-state index contributed by atoms with van der Waals surface area (Å²) in [7, 11) is 0. The number of halogens is 2. The van der Waals surface area contributed by atoms with Crippen LogP contribution in [0.25, 0.3) is 0 Å². The fraction of sp³-hybridized carbons (Fsp3) is 0.182. The zero-order valence-electron chi connectivity index (χ0n) is 16.2. The first-order valence-electron chi connectivity index (χ1n) is 9.12. The van der Waals surface area contributed by atoms with Crippen molar-refractivity contribution in [2.45, 2.75) is 20.8 Å². The van der Waals surface area contributed by atoms with Gasteiger partial charge in [-0.1, -0.05) is 11.6 Å². The molecule has 1 amide bonds. The van der Waals surface area contributed by atoms with Crippen LogP contribution in [0.1, 0.15) is 27.2 Å². The molecular formula is C22H19ClFN3O2. The van der Waals surface area contributed by atoms with Gasteiger partial charge in [0.05, 0.1) is 16.9 Å². The fourth-order valence-corrected chi connectivity index (χ4v) is 3.92. The van der Waals surface area contributed by atoms with Gasteiger partial charge in [0.1, 0.15) is 12.5 Å². The van der Waals surface area contributed by atoms with Crippen LogP contribution in [0.15, 0.2) is 47.3 Å². The lowest BCUT2D eigenvalue weighted by atomic mass is 10.00. The van der Waals surface area contributed by atoms with Gasteiger partial charge in [-0.15, -0.1) is 0 Å². The van der Waals surface area contributed by atoms with Gasteiger partial charge >= 0.3 is 0 Å². The van der Waals surface area contributed by atoms with Crippen LogP contribution in [0.3, 0.4) is 0 Å².